The van der Waals surface area contributed by atoms with Gasteiger partial charge in [-0.1, -0.05) is 0 Å². The van der Waals surface area contributed by atoms with Crippen LogP contribution in [0.3, 0.4) is 0 Å². The maximum atomic E-state index is 13.2. The number of likely N-dealkylation sites (tertiary alicyclic amines) is 1. The van der Waals surface area contributed by atoms with Crippen molar-refractivity contribution >= 4 is 33.7 Å². The summed E-state index contributed by atoms with van der Waals surface area (Å²) in [5, 5.41) is 14.7. The van der Waals surface area contributed by atoms with E-state index in [4.69, 9.17) is 0 Å². The molecule has 5 rings (SSSR count). The van der Waals surface area contributed by atoms with Gasteiger partial charge < -0.3 is 10.6 Å². The van der Waals surface area contributed by atoms with Crippen molar-refractivity contribution in [3.63, 3.8) is 0 Å². The van der Waals surface area contributed by atoms with E-state index < -0.39 is 0 Å². The minimum absolute atomic E-state index is 0.174. The van der Waals surface area contributed by atoms with E-state index >= 15 is 0 Å². The molecule has 1 aliphatic rings. The van der Waals surface area contributed by atoms with Crippen molar-refractivity contribution in [2.75, 3.05) is 25.0 Å². The van der Waals surface area contributed by atoms with Crippen molar-refractivity contribution in [2.24, 2.45) is 7.05 Å². The maximum absolute atomic E-state index is 13.2. The monoisotopic (exact) mass is 520 g/mol. The Morgan fingerprint density at radius 2 is 1.95 bits per heavy atom. The van der Waals surface area contributed by atoms with E-state index in [-0.39, 0.29) is 17.4 Å². The number of carbonyl (C=O) groups is 2. The average Bonchev–Trinajstić information content (AvgIpc) is 3.58. The summed E-state index contributed by atoms with van der Waals surface area (Å²) in [5.74, 6) is -0.507. The van der Waals surface area contributed by atoms with Gasteiger partial charge in [0, 0.05) is 49.8 Å². The molecule has 1 aliphatic heterocycles. The van der Waals surface area contributed by atoms with E-state index in [1.165, 1.54) is 24.2 Å². The predicted octanol–water partition coefficient (Wildman–Crippen LogP) is 3.66. The van der Waals surface area contributed by atoms with Gasteiger partial charge >= 0.3 is 0 Å². The first-order valence-electron chi connectivity index (χ1n) is 12.4. The van der Waals surface area contributed by atoms with E-state index in [0.29, 0.717) is 29.1 Å². The van der Waals surface area contributed by atoms with Gasteiger partial charge in [0.1, 0.15) is 4.83 Å². The van der Waals surface area contributed by atoms with Crippen LogP contribution in [0.2, 0.25) is 0 Å². The summed E-state index contributed by atoms with van der Waals surface area (Å²) in [5.41, 5.74) is 4.10. The Balaban J connectivity index is 1.28. The SMILES string of the molecule is Cc1ncc(C(=O)NCCN2CCCC2(C)C)cc1NC(=O)c1cnn2cc(-c3cn(C)nc3C)sc12. The molecule has 4 aromatic heterocycles. The normalized spacial score (nSPS) is 15.4. The number of rotatable bonds is 7. The number of nitrogens with one attached hydrogen (secondary N) is 2. The van der Waals surface area contributed by atoms with Gasteiger partial charge in [-0.05, 0) is 53.1 Å². The number of fused-ring (bicyclic) bond motifs is 1. The molecular weight excluding hydrogens is 488 g/mol. The van der Waals surface area contributed by atoms with E-state index in [1.807, 2.05) is 26.4 Å². The third-order valence-electron chi connectivity index (χ3n) is 7.06. The van der Waals surface area contributed by atoms with Crippen molar-refractivity contribution in [1.29, 1.82) is 0 Å². The number of amides is 2. The standard InChI is InChI=1S/C26H32N8O2S/c1-16-20(14-32(5)31-16)22-15-34-25(37-22)19(13-29-34)24(36)30-21-11-18(12-28-17(21)2)23(35)27-8-10-33-9-6-7-26(33,3)4/h11-15H,6-10H2,1-5H3,(H,27,35)(H,30,36). The van der Waals surface area contributed by atoms with Crippen molar-refractivity contribution in [3.8, 4) is 10.4 Å². The molecule has 2 amide bonds. The summed E-state index contributed by atoms with van der Waals surface area (Å²) in [7, 11) is 1.88. The first-order chi connectivity index (χ1) is 17.6. The molecule has 0 saturated carbocycles. The van der Waals surface area contributed by atoms with Gasteiger partial charge in [0.25, 0.3) is 11.8 Å². The van der Waals surface area contributed by atoms with Gasteiger partial charge in [0.2, 0.25) is 0 Å². The van der Waals surface area contributed by atoms with Gasteiger partial charge in [0.15, 0.2) is 0 Å². The fraction of sp³-hybridized carbons (Fsp3) is 0.423. The Labute approximate surface area is 219 Å². The molecule has 5 heterocycles. The molecule has 0 atom stereocenters. The molecule has 11 heteroatoms. The zero-order valence-electron chi connectivity index (χ0n) is 21.8. The number of nitrogens with zero attached hydrogens (tertiary/aromatic N) is 6. The van der Waals surface area contributed by atoms with Gasteiger partial charge in [-0.2, -0.15) is 10.2 Å². The summed E-state index contributed by atoms with van der Waals surface area (Å²) in [6, 6.07) is 1.68. The van der Waals surface area contributed by atoms with E-state index in [9.17, 15) is 9.59 Å². The third-order valence-corrected chi connectivity index (χ3v) is 8.20. The van der Waals surface area contributed by atoms with E-state index in [0.717, 1.165) is 34.1 Å². The number of hydrogen-bond acceptors (Lipinski definition) is 7. The smallest absolute Gasteiger partial charge is 0.260 e. The molecule has 37 heavy (non-hydrogen) atoms. The zero-order chi connectivity index (χ0) is 26.3. The third kappa shape index (κ3) is 5.01. The Bertz CT molecular complexity index is 1480. The average molecular weight is 521 g/mol. The molecule has 0 spiro atoms. The highest BCUT2D eigenvalue weighted by Crippen LogP contribution is 2.32. The highest BCUT2D eigenvalue weighted by atomic mass is 32.1. The number of aryl methyl sites for hydroxylation is 3. The second kappa shape index (κ2) is 9.71. The number of thiazole rings is 1. The summed E-state index contributed by atoms with van der Waals surface area (Å²) in [4.78, 5) is 34.5. The Kier molecular flexibility index (Phi) is 6.59. The van der Waals surface area contributed by atoms with Gasteiger partial charge in [0.05, 0.1) is 39.3 Å². The number of pyridine rings is 1. The van der Waals surface area contributed by atoms with Crippen LogP contribution >= 0.6 is 11.3 Å². The molecule has 194 valence electrons. The zero-order valence-corrected chi connectivity index (χ0v) is 22.6. The predicted molar refractivity (Wildman–Crippen MR) is 144 cm³/mol. The lowest BCUT2D eigenvalue weighted by atomic mass is 10.0. The number of aromatic nitrogens is 5. The van der Waals surface area contributed by atoms with Crippen molar-refractivity contribution in [3.05, 3.63) is 53.4 Å². The van der Waals surface area contributed by atoms with Crippen molar-refractivity contribution in [1.82, 2.24) is 34.6 Å². The molecule has 0 unspecified atom stereocenters. The Morgan fingerprint density at radius 1 is 1.14 bits per heavy atom. The van der Waals surface area contributed by atoms with Crippen molar-refractivity contribution in [2.45, 2.75) is 46.1 Å². The van der Waals surface area contributed by atoms with Crippen LogP contribution in [0, 0.1) is 13.8 Å². The fourth-order valence-electron chi connectivity index (χ4n) is 4.87. The second-order valence-corrected chi connectivity index (χ2v) is 11.2. The fourth-order valence-corrected chi connectivity index (χ4v) is 5.99. The molecular formula is C26H32N8O2S. The first kappa shape index (κ1) is 25.1. The number of carbonyl (C=O) groups excluding carboxylic acids is 2. The van der Waals surface area contributed by atoms with Crippen LogP contribution in [0.1, 0.15) is 58.8 Å². The van der Waals surface area contributed by atoms with Crippen LogP contribution in [-0.2, 0) is 7.05 Å². The minimum Gasteiger partial charge on any atom is -0.351 e. The number of anilines is 1. The molecule has 0 radical (unpaired) electrons. The minimum atomic E-state index is -0.301. The molecule has 0 aromatic carbocycles. The van der Waals surface area contributed by atoms with E-state index in [2.05, 4.69) is 44.6 Å². The first-order valence-corrected chi connectivity index (χ1v) is 13.2. The topological polar surface area (TPSA) is 109 Å². The maximum Gasteiger partial charge on any atom is 0.260 e. The lowest BCUT2D eigenvalue weighted by molar-refractivity contribution is 0.0938. The quantitative estimate of drug-likeness (QED) is 0.385. The van der Waals surface area contributed by atoms with E-state index in [1.54, 1.807) is 34.6 Å². The Morgan fingerprint density at radius 3 is 2.65 bits per heavy atom. The van der Waals surface area contributed by atoms with Crippen LogP contribution in [0.5, 0.6) is 0 Å². The summed E-state index contributed by atoms with van der Waals surface area (Å²) in [6.45, 7) is 10.7. The highest BCUT2D eigenvalue weighted by molar-refractivity contribution is 7.21. The summed E-state index contributed by atoms with van der Waals surface area (Å²) >= 11 is 1.48. The lowest BCUT2D eigenvalue weighted by Gasteiger charge is -2.31. The van der Waals surface area contributed by atoms with Crippen LogP contribution in [-0.4, -0.2) is 66.3 Å². The Hall–Kier alpha value is -3.57. The molecule has 2 N–H and O–H groups in total. The summed E-state index contributed by atoms with van der Waals surface area (Å²) in [6.07, 6.45) is 9.32. The molecule has 1 fully saturated rings. The second-order valence-electron chi connectivity index (χ2n) is 10.2. The van der Waals surface area contributed by atoms with Gasteiger partial charge in [-0.15, -0.1) is 11.3 Å². The lowest BCUT2D eigenvalue weighted by Crippen LogP contribution is -2.43. The molecule has 1 saturated heterocycles. The molecule has 0 bridgehead atoms. The molecule has 0 aliphatic carbocycles. The number of hydrogen-bond donors (Lipinski definition) is 2. The molecule has 4 aromatic rings. The van der Waals surface area contributed by atoms with Crippen molar-refractivity contribution < 1.29 is 9.59 Å². The molecule has 10 nitrogen and oxygen atoms in total. The van der Waals surface area contributed by atoms with Crippen LogP contribution in [0.15, 0.2) is 30.9 Å². The van der Waals surface area contributed by atoms with Crippen LogP contribution in [0.25, 0.3) is 15.3 Å². The summed E-state index contributed by atoms with van der Waals surface area (Å²) < 4.78 is 3.48. The highest BCUT2D eigenvalue weighted by Gasteiger charge is 2.31. The van der Waals surface area contributed by atoms with Gasteiger partial charge in [-0.3, -0.25) is 24.2 Å². The van der Waals surface area contributed by atoms with Gasteiger partial charge in [-0.25, -0.2) is 4.52 Å². The largest absolute Gasteiger partial charge is 0.351 e. The van der Waals surface area contributed by atoms with Crippen LogP contribution in [0.4, 0.5) is 5.69 Å². The van der Waals surface area contributed by atoms with Crippen LogP contribution < -0.4 is 10.6 Å².